The Kier molecular flexibility index (Phi) is 4.87. The summed E-state index contributed by atoms with van der Waals surface area (Å²) >= 11 is 1.12. The van der Waals surface area contributed by atoms with Crippen LogP contribution in [-0.2, 0) is 0 Å². The zero-order valence-corrected chi connectivity index (χ0v) is 13.5. The first-order valence-corrected chi connectivity index (χ1v) is 8.51. The van der Waals surface area contributed by atoms with Crippen LogP contribution < -0.4 is 10.0 Å². The third kappa shape index (κ3) is 3.94. The van der Waals surface area contributed by atoms with Gasteiger partial charge in [0.25, 0.3) is 0 Å². The van der Waals surface area contributed by atoms with Gasteiger partial charge in [-0.25, -0.2) is 4.98 Å². The molecule has 0 unspecified atom stereocenters. The van der Waals surface area contributed by atoms with Crippen molar-refractivity contribution >= 4 is 28.7 Å². The highest BCUT2D eigenvalue weighted by molar-refractivity contribution is 7.97. The molecule has 2 aromatic rings. The number of alkyl halides is 3. The molecule has 1 fully saturated rings. The average Bonchev–Trinajstić information content (AvgIpc) is 2.96. The first-order valence-electron chi connectivity index (χ1n) is 7.53. The van der Waals surface area contributed by atoms with Crippen molar-refractivity contribution in [2.45, 2.75) is 37.5 Å². The lowest BCUT2D eigenvalue weighted by molar-refractivity contribution is -0.129. The number of hydrogen-bond acceptors (Lipinski definition) is 5. The smallest absolute Gasteiger partial charge is 0.380 e. The minimum absolute atomic E-state index is 0.0189. The number of nitrogens with one attached hydrogen (secondary N) is 3. The molecule has 0 aromatic carbocycles. The zero-order valence-electron chi connectivity index (χ0n) is 12.7. The number of nitrogens with zero attached hydrogens (tertiary/aromatic N) is 2. The summed E-state index contributed by atoms with van der Waals surface area (Å²) in [4.78, 5) is 7.19. The molecular formula is C15H16F3N5S. The molecule has 3 rings (SSSR count). The summed E-state index contributed by atoms with van der Waals surface area (Å²) in [7, 11) is 0. The van der Waals surface area contributed by atoms with E-state index in [0.717, 1.165) is 35.9 Å². The lowest BCUT2D eigenvalue weighted by Gasteiger charge is -2.37. The van der Waals surface area contributed by atoms with E-state index in [9.17, 15) is 18.4 Å². The topological polar surface area (TPSA) is 76.5 Å². The van der Waals surface area contributed by atoms with E-state index in [1.54, 1.807) is 6.20 Å². The summed E-state index contributed by atoms with van der Waals surface area (Å²) in [5.41, 5.74) is 1.96. The molecule has 0 saturated heterocycles. The predicted octanol–water partition coefficient (Wildman–Crippen LogP) is 3.57. The van der Waals surface area contributed by atoms with E-state index in [2.05, 4.69) is 26.1 Å². The molecule has 1 aliphatic carbocycles. The third-order valence-corrected chi connectivity index (χ3v) is 4.84. The van der Waals surface area contributed by atoms with Crippen molar-refractivity contribution in [1.82, 2.24) is 14.7 Å². The maximum atomic E-state index is 12.1. The van der Waals surface area contributed by atoms with Crippen molar-refractivity contribution in [3.05, 3.63) is 24.0 Å². The molecule has 0 radical (unpaired) electrons. The molecule has 0 atom stereocenters. The van der Waals surface area contributed by atoms with E-state index in [0.29, 0.717) is 11.2 Å². The lowest BCUT2D eigenvalue weighted by atomic mass is 9.87. The summed E-state index contributed by atoms with van der Waals surface area (Å²) in [5.74, 6) is 0.0189. The molecule has 128 valence electrons. The van der Waals surface area contributed by atoms with Crippen molar-refractivity contribution < 1.29 is 13.2 Å². The molecule has 0 amide bonds. The SMILES string of the molecule is N#Cc1cnc2[nH]ccc2c1N[C@H]1C[C@@H](NSCCC(F)(F)F)C1. The number of halogens is 3. The predicted molar refractivity (Wildman–Crippen MR) is 87.5 cm³/mol. The Hall–Kier alpha value is -1.92. The summed E-state index contributed by atoms with van der Waals surface area (Å²) in [6, 6.07) is 4.38. The van der Waals surface area contributed by atoms with Crippen molar-refractivity contribution in [3.63, 3.8) is 0 Å². The first-order chi connectivity index (χ1) is 11.5. The van der Waals surface area contributed by atoms with Crippen LogP contribution in [-0.4, -0.2) is 34.0 Å². The van der Waals surface area contributed by atoms with Crippen LogP contribution in [0.15, 0.2) is 18.5 Å². The van der Waals surface area contributed by atoms with E-state index in [4.69, 9.17) is 0 Å². The van der Waals surface area contributed by atoms with Gasteiger partial charge in [0.15, 0.2) is 0 Å². The minimum atomic E-state index is -4.10. The highest BCUT2D eigenvalue weighted by atomic mass is 32.2. The fraction of sp³-hybridized carbons (Fsp3) is 0.467. The highest BCUT2D eigenvalue weighted by Crippen LogP contribution is 2.31. The molecule has 24 heavy (non-hydrogen) atoms. The Morgan fingerprint density at radius 1 is 1.38 bits per heavy atom. The van der Waals surface area contributed by atoms with Crippen LogP contribution in [0, 0.1) is 11.3 Å². The van der Waals surface area contributed by atoms with Gasteiger partial charge in [0.05, 0.1) is 17.7 Å². The molecule has 0 spiro atoms. The molecule has 0 aliphatic heterocycles. The number of fused-ring (bicyclic) bond motifs is 1. The molecular weight excluding hydrogens is 339 g/mol. The fourth-order valence-corrected chi connectivity index (χ4v) is 3.51. The molecule has 5 nitrogen and oxygen atoms in total. The monoisotopic (exact) mass is 355 g/mol. The van der Waals surface area contributed by atoms with Gasteiger partial charge < -0.3 is 10.3 Å². The molecule has 1 aliphatic rings. The van der Waals surface area contributed by atoms with Crippen molar-refractivity contribution in [2.75, 3.05) is 11.1 Å². The van der Waals surface area contributed by atoms with Crippen molar-refractivity contribution in [3.8, 4) is 6.07 Å². The van der Waals surface area contributed by atoms with Gasteiger partial charge in [-0.05, 0) is 18.9 Å². The molecule has 2 heterocycles. The van der Waals surface area contributed by atoms with E-state index in [1.807, 2.05) is 6.07 Å². The molecule has 1 saturated carbocycles. The van der Waals surface area contributed by atoms with E-state index < -0.39 is 12.6 Å². The van der Waals surface area contributed by atoms with Gasteiger partial charge in [-0.3, -0.25) is 4.72 Å². The number of aromatic amines is 1. The molecule has 9 heteroatoms. The van der Waals surface area contributed by atoms with Gasteiger partial charge in [-0.2, -0.15) is 18.4 Å². The number of H-pyrrole nitrogens is 1. The van der Waals surface area contributed by atoms with Crippen LogP contribution in [0.5, 0.6) is 0 Å². The maximum Gasteiger partial charge on any atom is 0.389 e. The van der Waals surface area contributed by atoms with Gasteiger partial charge in [-0.1, -0.05) is 11.9 Å². The van der Waals surface area contributed by atoms with Gasteiger partial charge in [0, 0.05) is 35.6 Å². The Labute approximate surface area is 141 Å². The van der Waals surface area contributed by atoms with E-state index >= 15 is 0 Å². The standard InChI is InChI=1S/C15H16F3N5S/c16-15(17,18)2-4-24-23-11-5-10(6-11)22-13-9(7-19)8-21-14-12(13)1-3-20-14/h1,3,8,10-11,23H,2,4-6H2,(H2,20,21,22)/t10-,11+. The summed E-state index contributed by atoms with van der Waals surface area (Å²) in [6.07, 6.45) is 0.0215. The third-order valence-electron chi connectivity index (χ3n) is 3.93. The van der Waals surface area contributed by atoms with Gasteiger partial charge >= 0.3 is 6.18 Å². The van der Waals surface area contributed by atoms with E-state index in [1.165, 1.54) is 6.20 Å². The Balaban J connectivity index is 1.50. The van der Waals surface area contributed by atoms with Crippen LogP contribution >= 0.6 is 11.9 Å². The zero-order chi connectivity index (χ0) is 17.2. The van der Waals surface area contributed by atoms with Crippen LogP contribution in [0.3, 0.4) is 0 Å². The minimum Gasteiger partial charge on any atom is -0.380 e. The number of nitriles is 1. The second-order valence-electron chi connectivity index (χ2n) is 5.74. The fourth-order valence-electron chi connectivity index (χ4n) is 2.63. The van der Waals surface area contributed by atoms with Crippen molar-refractivity contribution in [2.24, 2.45) is 0 Å². The normalized spacial score (nSPS) is 20.6. The summed E-state index contributed by atoms with van der Waals surface area (Å²) in [5, 5.41) is 13.5. The number of rotatable bonds is 6. The van der Waals surface area contributed by atoms with Crippen LogP contribution in [0.1, 0.15) is 24.8 Å². The van der Waals surface area contributed by atoms with Gasteiger partial charge in [-0.15, -0.1) is 0 Å². The maximum absolute atomic E-state index is 12.1. The average molecular weight is 355 g/mol. The summed E-state index contributed by atoms with van der Waals surface area (Å²) in [6.45, 7) is 0. The largest absolute Gasteiger partial charge is 0.389 e. The van der Waals surface area contributed by atoms with E-state index in [-0.39, 0.29) is 17.8 Å². The molecule has 3 N–H and O–H groups in total. The van der Waals surface area contributed by atoms with Gasteiger partial charge in [0.1, 0.15) is 11.7 Å². The van der Waals surface area contributed by atoms with Crippen LogP contribution in [0.2, 0.25) is 0 Å². The van der Waals surface area contributed by atoms with Crippen LogP contribution in [0.4, 0.5) is 18.9 Å². The van der Waals surface area contributed by atoms with Crippen LogP contribution in [0.25, 0.3) is 11.0 Å². The Morgan fingerprint density at radius 2 is 2.17 bits per heavy atom. The quantitative estimate of drug-likeness (QED) is 0.546. The first kappa shape index (κ1) is 16.9. The Morgan fingerprint density at radius 3 is 2.88 bits per heavy atom. The molecule has 0 bridgehead atoms. The van der Waals surface area contributed by atoms with Gasteiger partial charge in [0.2, 0.25) is 0 Å². The number of anilines is 1. The number of aromatic nitrogens is 2. The summed E-state index contributed by atoms with van der Waals surface area (Å²) < 4.78 is 39.3. The molecule has 2 aromatic heterocycles. The second-order valence-corrected chi connectivity index (χ2v) is 6.67. The van der Waals surface area contributed by atoms with Crippen molar-refractivity contribution in [1.29, 1.82) is 5.26 Å². The Bertz CT molecular complexity index is 746. The number of hydrogen-bond donors (Lipinski definition) is 3. The second kappa shape index (κ2) is 6.91. The number of pyridine rings is 1. The highest BCUT2D eigenvalue weighted by Gasteiger charge is 2.31. The lowest BCUT2D eigenvalue weighted by Crippen LogP contribution is -2.45.